The molecule has 1 fully saturated rings. The maximum absolute atomic E-state index is 11.0. The lowest BCUT2D eigenvalue weighted by atomic mass is 9.97. The average Bonchev–Trinajstić information content (AvgIpc) is 2.60. The van der Waals surface area contributed by atoms with Crippen molar-refractivity contribution >= 4 is 16.9 Å². The Hall–Kier alpha value is -2.18. The number of rotatable bonds is 6. The third kappa shape index (κ3) is 4.01. The summed E-state index contributed by atoms with van der Waals surface area (Å²) in [5.41, 5.74) is 0.861. The molecule has 0 saturated carbocycles. The molecular formula is C18H22N2O4. The normalized spacial score (nSPS) is 17.7. The lowest BCUT2D eigenvalue weighted by Crippen LogP contribution is -2.42. The van der Waals surface area contributed by atoms with E-state index < -0.39 is 12.1 Å². The number of carbonyl (C=O) groups is 1. The van der Waals surface area contributed by atoms with Crippen molar-refractivity contribution in [3.8, 4) is 5.75 Å². The molecule has 1 aliphatic rings. The first-order chi connectivity index (χ1) is 11.6. The fraction of sp³-hybridized carbons (Fsp3) is 0.444. The Morgan fingerprint density at radius 1 is 1.29 bits per heavy atom. The molecule has 128 valence electrons. The Bertz CT molecular complexity index is 693. The molecule has 24 heavy (non-hydrogen) atoms. The number of aromatic nitrogens is 1. The summed E-state index contributed by atoms with van der Waals surface area (Å²) >= 11 is 0. The number of aliphatic hydroxyl groups is 1. The quantitative estimate of drug-likeness (QED) is 0.840. The number of carboxylic acids is 1. The average molecular weight is 330 g/mol. The molecular weight excluding hydrogens is 308 g/mol. The molecule has 0 bridgehead atoms. The van der Waals surface area contributed by atoms with Crippen LogP contribution < -0.4 is 4.74 Å². The van der Waals surface area contributed by atoms with Crippen molar-refractivity contribution in [3.63, 3.8) is 0 Å². The van der Waals surface area contributed by atoms with E-state index in [4.69, 9.17) is 9.84 Å². The number of para-hydroxylation sites is 1. The first-order valence-electron chi connectivity index (χ1n) is 8.23. The highest BCUT2D eigenvalue weighted by Gasteiger charge is 2.25. The number of aliphatic carboxylic acids is 1. The van der Waals surface area contributed by atoms with Gasteiger partial charge in [0.1, 0.15) is 18.5 Å². The second-order valence-corrected chi connectivity index (χ2v) is 6.20. The molecule has 6 nitrogen and oxygen atoms in total. The SMILES string of the molecule is O=C(O)C1CCN(CC(O)COc2ccnc3ccccc23)CC1. The predicted molar refractivity (Wildman–Crippen MR) is 90.0 cm³/mol. The largest absolute Gasteiger partial charge is 0.490 e. The molecule has 0 radical (unpaired) electrons. The fourth-order valence-electron chi connectivity index (χ4n) is 3.09. The molecule has 2 heterocycles. The zero-order valence-corrected chi connectivity index (χ0v) is 13.5. The highest BCUT2D eigenvalue weighted by Crippen LogP contribution is 2.23. The molecule has 0 aliphatic carbocycles. The van der Waals surface area contributed by atoms with Crippen LogP contribution in [0.25, 0.3) is 10.9 Å². The van der Waals surface area contributed by atoms with E-state index in [0.29, 0.717) is 38.2 Å². The highest BCUT2D eigenvalue weighted by molar-refractivity contribution is 5.84. The summed E-state index contributed by atoms with van der Waals surface area (Å²) in [7, 11) is 0. The molecule has 1 atom stereocenters. The van der Waals surface area contributed by atoms with Crippen LogP contribution in [0, 0.1) is 5.92 Å². The predicted octanol–water partition coefficient (Wildman–Crippen LogP) is 1.77. The monoisotopic (exact) mass is 330 g/mol. The van der Waals surface area contributed by atoms with E-state index in [9.17, 15) is 9.90 Å². The van der Waals surface area contributed by atoms with Gasteiger partial charge < -0.3 is 19.8 Å². The molecule has 1 aromatic carbocycles. The van der Waals surface area contributed by atoms with Crippen LogP contribution in [0.15, 0.2) is 36.5 Å². The Morgan fingerprint density at radius 3 is 2.79 bits per heavy atom. The van der Waals surface area contributed by atoms with Crippen LogP contribution in [0.4, 0.5) is 0 Å². The Labute approximate surface area is 140 Å². The van der Waals surface area contributed by atoms with Gasteiger partial charge in [-0.1, -0.05) is 12.1 Å². The van der Waals surface area contributed by atoms with Crippen molar-refractivity contribution in [3.05, 3.63) is 36.5 Å². The van der Waals surface area contributed by atoms with Crippen LogP contribution in [0.2, 0.25) is 0 Å². The summed E-state index contributed by atoms with van der Waals surface area (Å²) in [6.07, 6.45) is 2.36. The van der Waals surface area contributed by atoms with Gasteiger partial charge in [0.25, 0.3) is 0 Å². The number of hydrogen-bond donors (Lipinski definition) is 2. The van der Waals surface area contributed by atoms with E-state index >= 15 is 0 Å². The zero-order chi connectivity index (χ0) is 16.9. The van der Waals surface area contributed by atoms with E-state index in [1.54, 1.807) is 12.3 Å². The van der Waals surface area contributed by atoms with Gasteiger partial charge in [0.2, 0.25) is 0 Å². The lowest BCUT2D eigenvalue weighted by molar-refractivity contribution is -0.143. The first kappa shape index (κ1) is 16.7. The molecule has 2 aromatic rings. The van der Waals surface area contributed by atoms with Gasteiger partial charge in [-0.25, -0.2) is 0 Å². The summed E-state index contributed by atoms with van der Waals surface area (Å²) in [6, 6.07) is 9.52. The maximum atomic E-state index is 11.0. The van der Waals surface area contributed by atoms with Gasteiger partial charge in [-0.3, -0.25) is 9.78 Å². The molecule has 6 heteroatoms. The molecule has 1 aliphatic heterocycles. The van der Waals surface area contributed by atoms with E-state index in [1.165, 1.54) is 0 Å². The maximum Gasteiger partial charge on any atom is 0.306 e. The standard InChI is InChI=1S/C18H22N2O4/c21-14(11-20-9-6-13(7-10-20)18(22)23)12-24-17-5-8-19-16-4-2-1-3-15(16)17/h1-5,8,13-14,21H,6-7,9-12H2,(H,22,23). The van der Waals surface area contributed by atoms with Crippen molar-refractivity contribution < 1.29 is 19.7 Å². The number of nitrogens with zero attached hydrogens (tertiary/aromatic N) is 2. The summed E-state index contributed by atoms with van der Waals surface area (Å²) in [5, 5.41) is 20.1. The zero-order valence-electron chi connectivity index (χ0n) is 13.5. The van der Waals surface area contributed by atoms with E-state index in [2.05, 4.69) is 9.88 Å². The summed E-state index contributed by atoms with van der Waals surface area (Å²) < 4.78 is 5.77. The smallest absolute Gasteiger partial charge is 0.306 e. The second kappa shape index (κ2) is 7.59. The van der Waals surface area contributed by atoms with Gasteiger partial charge in [-0.2, -0.15) is 0 Å². The number of ether oxygens (including phenoxy) is 1. The minimum atomic E-state index is -0.719. The van der Waals surface area contributed by atoms with Crippen LogP contribution in [0.5, 0.6) is 5.75 Å². The van der Waals surface area contributed by atoms with E-state index in [0.717, 1.165) is 10.9 Å². The van der Waals surface area contributed by atoms with Crippen LogP contribution in [0.1, 0.15) is 12.8 Å². The van der Waals surface area contributed by atoms with Gasteiger partial charge in [0.15, 0.2) is 0 Å². The summed E-state index contributed by atoms with van der Waals surface area (Å²) in [4.78, 5) is 17.3. The van der Waals surface area contributed by atoms with Crippen LogP contribution in [-0.2, 0) is 4.79 Å². The van der Waals surface area contributed by atoms with Crippen LogP contribution in [0.3, 0.4) is 0 Å². The molecule has 1 saturated heterocycles. The molecule has 3 rings (SSSR count). The second-order valence-electron chi connectivity index (χ2n) is 6.20. The Morgan fingerprint density at radius 2 is 2.04 bits per heavy atom. The Balaban J connectivity index is 1.51. The lowest BCUT2D eigenvalue weighted by Gasteiger charge is -2.31. The molecule has 1 aromatic heterocycles. The van der Waals surface area contributed by atoms with Gasteiger partial charge in [0.05, 0.1) is 11.4 Å². The van der Waals surface area contributed by atoms with E-state index in [-0.39, 0.29) is 12.5 Å². The van der Waals surface area contributed by atoms with Crippen molar-refractivity contribution in [2.45, 2.75) is 18.9 Å². The summed E-state index contributed by atoms with van der Waals surface area (Å²) in [6.45, 7) is 2.10. The number of benzene rings is 1. The van der Waals surface area contributed by atoms with Gasteiger partial charge in [-0.05, 0) is 44.1 Å². The molecule has 0 spiro atoms. The molecule has 0 amide bonds. The number of hydrogen-bond acceptors (Lipinski definition) is 5. The number of aliphatic hydroxyl groups excluding tert-OH is 1. The third-order valence-corrected chi connectivity index (χ3v) is 4.45. The van der Waals surface area contributed by atoms with Gasteiger partial charge in [0, 0.05) is 18.1 Å². The van der Waals surface area contributed by atoms with Gasteiger partial charge in [-0.15, -0.1) is 0 Å². The number of likely N-dealkylation sites (tertiary alicyclic amines) is 1. The number of β-amino-alcohol motifs (C(OH)–C–C–N with tert-alkyl or cyclic N) is 1. The van der Waals surface area contributed by atoms with Crippen molar-refractivity contribution in [2.75, 3.05) is 26.2 Å². The van der Waals surface area contributed by atoms with Crippen LogP contribution >= 0.6 is 0 Å². The minimum Gasteiger partial charge on any atom is -0.490 e. The molecule has 2 N–H and O–H groups in total. The number of piperidine rings is 1. The van der Waals surface area contributed by atoms with E-state index in [1.807, 2.05) is 24.3 Å². The molecule has 1 unspecified atom stereocenters. The third-order valence-electron chi connectivity index (χ3n) is 4.45. The van der Waals surface area contributed by atoms with Crippen molar-refractivity contribution in [2.24, 2.45) is 5.92 Å². The van der Waals surface area contributed by atoms with Crippen LogP contribution in [-0.4, -0.2) is 58.4 Å². The fourth-order valence-corrected chi connectivity index (χ4v) is 3.09. The highest BCUT2D eigenvalue weighted by atomic mass is 16.5. The topological polar surface area (TPSA) is 82.9 Å². The number of fused-ring (bicyclic) bond motifs is 1. The number of pyridine rings is 1. The van der Waals surface area contributed by atoms with Crippen molar-refractivity contribution in [1.29, 1.82) is 0 Å². The minimum absolute atomic E-state index is 0.201. The number of carboxylic acid groups (broad SMARTS) is 1. The summed E-state index contributed by atoms with van der Waals surface area (Å²) in [5.74, 6) is -0.259. The van der Waals surface area contributed by atoms with Gasteiger partial charge >= 0.3 is 5.97 Å². The Kier molecular flexibility index (Phi) is 5.27. The first-order valence-corrected chi connectivity index (χ1v) is 8.23. The van der Waals surface area contributed by atoms with Crippen molar-refractivity contribution in [1.82, 2.24) is 9.88 Å².